The fourth-order valence-corrected chi connectivity index (χ4v) is 4.17. The van der Waals surface area contributed by atoms with Crippen LogP contribution in [0.1, 0.15) is 10.5 Å². The molecule has 2 aromatic heterocycles. The van der Waals surface area contributed by atoms with Crippen molar-refractivity contribution in [3.8, 4) is 22.6 Å². The van der Waals surface area contributed by atoms with Crippen molar-refractivity contribution in [2.24, 2.45) is 0 Å². The minimum atomic E-state index is -0.820. The molecule has 0 radical (unpaired) electrons. The van der Waals surface area contributed by atoms with Crippen LogP contribution in [0.15, 0.2) is 42.6 Å². The summed E-state index contributed by atoms with van der Waals surface area (Å²) in [5.74, 6) is 0.759. The molecule has 0 saturated heterocycles. The molecule has 3 heterocycles. The second-order valence-electron chi connectivity index (χ2n) is 8.07. The summed E-state index contributed by atoms with van der Waals surface area (Å²) in [6.45, 7) is 1.47. The highest BCUT2D eigenvalue weighted by Crippen LogP contribution is 2.35. The van der Waals surface area contributed by atoms with Gasteiger partial charge in [0, 0.05) is 34.8 Å². The van der Waals surface area contributed by atoms with Gasteiger partial charge in [0.05, 0.1) is 12.1 Å². The lowest BCUT2D eigenvalue weighted by molar-refractivity contribution is 0.0581. The molecule has 0 fully saturated rings. The van der Waals surface area contributed by atoms with Crippen LogP contribution in [0.3, 0.4) is 0 Å². The number of rotatable bonds is 6. The molecule has 0 aliphatic carbocycles. The Kier molecular flexibility index (Phi) is 5.74. The molecule has 10 heteroatoms. The molecule has 5 rings (SSSR count). The molecular weight excluding hydrogens is 465 g/mol. The number of benzene rings is 2. The third-order valence-electron chi connectivity index (χ3n) is 5.51. The van der Waals surface area contributed by atoms with Crippen molar-refractivity contribution < 1.29 is 14.3 Å². The number of hydrogen-bond donors (Lipinski definition) is 1. The van der Waals surface area contributed by atoms with E-state index in [9.17, 15) is 4.79 Å². The van der Waals surface area contributed by atoms with Gasteiger partial charge in [0.2, 0.25) is 5.78 Å². The number of carbonyl (C=O) groups excluding carboxylic acids is 1. The molecule has 8 nitrogen and oxygen atoms in total. The summed E-state index contributed by atoms with van der Waals surface area (Å²) >= 11 is 12.3. The maximum atomic E-state index is 13.5. The van der Waals surface area contributed by atoms with Crippen molar-refractivity contribution in [3.05, 3.63) is 58.5 Å². The molecule has 33 heavy (non-hydrogen) atoms. The Bertz CT molecular complexity index is 1350. The molecular formula is C23H21Cl2N5O3. The minimum Gasteiger partial charge on any atom is -0.485 e. The molecule has 170 valence electrons. The number of aromatic nitrogens is 4. The van der Waals surface area contributed by atoms with E-state index >= 15 is 0 Å². The van der Waals surface area contributed by atoms with Gasteiger partial charge in [-0.2, -0.15) is 10.2 Å². The second kappa shape index (κ2) is 8.70. The first-order valence-corrected chi connectivity index (χ1v) is 11.1. The average molecular weight is 486 g/mol. The van der Waals surface area contributed by atoms with Crippen LogP contribution in [0, 0.1) is 0 Å². The number of likely N-dealkylation sites (N-methyl/N-ethyl adjacent to an activating group) is 1. The SMILES string of the molecule is CN(C)CCn1nc(C(=O)C2COc3ccc(Cl)cc3O2)c2ccc(-c3c[nH]nc3Cl)cc21. The predicted molar refractivity (Wildman–Crippen MR) is 127 cm³/mol. The zero-order valence-electron chi connectivity index (χ0n) is 18.0. The monoisotopic (exact) mass is 485 g/mol. The van der Waals surface area contributed by atoms with Crippen molar-refractivity contribution in [3.63, 3.8) is 0 Å². The Morgan fingerprint density at radius 1 is 1.21 bits per heavy atom. The number of Topliss-reactive ketones (excluding diaryl/α,β-unsaturated/α-hetero) is 1. The molecule has 1 N–H and O–H groups in total. The summed E-state index contributed by atoms with van der Waals surface area (Å²) in [6.07, 6.45) is 0.922. The maximum Gasteiger partial charge on any atom is 0.227 e. The topological polar surface area (TPSA) is 85.3 Å². The number of aromatic amines is 1. The van der Waals surface area contributed by atoms with Crippen LogP contribution < -0.4 is 9.47 Å². The van der Waals surface area contributed by atoms with Gasteiger partial charge >= 0.3 is 0 Å². The van der Waals surface area contributed by atoms with Gasteiger partial charge < -0.3 is 14.4 Å². The number of hydrogen-bond acceptors (Lipinski definition) is 6. The Labute approximate surface area is 200 Å². The van der Waals surface area contributed by atoms with E-state index < -0.39 is 6.10 Å². The number of nitrogens with one attached hydrogen (secondary N) is 1. The lowest BCUT2D eigenvalue weighted by atomic mass is 10.0. The first kappa shape index (κ1) is 21.8. The summed E-state index contributed by atoms with van der Waals surface area (Å²) in [5.41, 5.74) is 2.83. The van der Waals surface area contributed by atoms with E-state index in [0.29, 0.717) is 33.9 Å². The van der Waals surface area contributed by atoms with E-state index in [2.05, 4.69) is 20.2 Å². The summed E-state index contributed by atoms with van der Waals surface area (Å²) in [7, 11) is 3.98. The molecule has 4 aromatic rings. The number of H-pyrrole nitrogens is 1. The molecule has 2 aromatic carbocycles. The average Bonchev–Trinajstić information content (AvgIpc) is 3.39. The van der Waals surface area contributed by atoms with Gasteiger partial charge in [-0.1, -0.05) is 29.3 Å². The number of fused-ring (bicyclic) bond motifs is 2. The fraction of sp³-hybridized carbons (Fsp3) is 0.261. The normalized spacial score (nSPS) is 15.4. The fourth-order valence-electron chi connectivity index (χ4n) is 3.79. The molecule has 1 unspecified atom stereocenters. The molecule has 0 bridgehead atoms. The third kappa shape index (κ3) is 4.17. The molecule has 0 saturated carbocycles. The maximum absolute atomic E-state index is 13.5. The van der Waals surface area contributed by atoms with Crippen molar-refractivity contribution >= 4 is 39.9 Å². The quantitative estimate of drug-likeness (QED) is 0.409. The lowest BCUT2D eigenvalue weighted by Crippen LogP contribution is -2.37. The number of ketones is 1. The van der Waals surface area contributed by atoms with E-state index in [4.69, 9.17) is 32.7 Å². The predicted octanol–water partition coefficient (Wildman–Crippen LogP) is 4.32. The summed E-state index contributed by atoms with van der Waals surface area (Å²) in [6, 6.07) is 10.8. The van der Waals surface area contributed by atoms with E-state index in [1.54, 1.807) is 24.4 Å². The Morgan fingerprint density at radius 3 is 2.82 bits per heavy atom. The first-order valence-electron chi connectivity index (χ1n) is 10.4. The van der Waals surface area contributed by atoms with E-state index in [-0.39, 0.29) is 12.4 Å². The second-order valence-corrected chi connectivity index (χ2v) is 8.86. The Hall–Kier alpha value is -3.07. The zero-order chi connectivity index (χ0) is 23.1. The van der Waals surface area contributed by atoms with E-state index in [1.807, 2.05) is 37.0 Å². The third-order valence-corrected chi connectivity index (χ3v) is 6.03. The molecule has 1 aliphatic rings. The van der Waals surface area contributed by atoms with Crippen LogP contribution in [0.4, 0.5) is 0 Å². The van der Waals surface area contributed by atoms with Crippen molar-refractivity contribution in [1.29, 1.82) is 0 Å². The van der Waals surface area contributed by atoms with Gasteiger partial charge in [-0.15, -0.1) is 0 Å². The lowest BCUT2D eigenvalue weighted by Gasteiger charge is -2.25. The summed E-state index contributed by atoms with van der Waals surface area (Å²) in [4.78, 5) is 15.5. The van der Waals surface area contributed by atoms with Gasteiger partial charge in [-0.3, -0.25) is 14.6 Å². The molecule has 0 amide bonds. The van der Waals surface area contributed by atoms with Crippen LogP contribution in [0.2, 0.25) is 10.2 Å². The number of halogens is 2. The highest BCUT2D eigenvalue weighted by molar-refractivity contribution is 6.32. The van der Waals surface area contributed by atoms with Crippen molar-refractivity contribution in [2.75, 3.05) is 27.2 Å². The van der Waals surface area contributed by atoms with Crippen molar-refractivity contribution in [2.45, 2.75) is 12.6 Å². The summed E-state index contributed by atoms with van der Waals surface area (Å²) in [5, 5.41) is 13.1. The van der Waals surface area contributed by atoms with E-state index in [0.717, 1.165) is 28.6 Å². The minimum absolute atomic E-state index is 0.0994. The number of carbonyl (C=O) groups is 1. The molecule has 1 aliphatic heterocycles. The largest absolute Gasteiger partial charge is 0.485 e. The highest BCUT2D eigenvalue weighted by atomic mass is 35.5. The van der Waals surface area contributed by atoms with Crippen LogP contribution in [-0.4, -0.2) is 64.0 Å². The van der Waals surface area contributed by atoms with Crippen molar-refractivity contribution in [1.82, 2.24) is 24.9 Å². The number of ether oxygens (including phenoxy) is 2. The van der Waals surface area contributed by atoms with Gasteiger partial charge in [0.1, 0.15) is 12.3 Å². The number of nitrogens with zero attached hydrogens (tertiary/aromatic N) is 4. The Balaban J connectivity index is 1.53. The van der Waals surface area contributed by atoms with Gasteiger partial charge in [0.25, 0.3) is 0 Å². The Morgan fingerprint density at radius 2 is 2.06 bits per heavy atom. The van der Waals surface area contributed by atoms with Crippen LogP contribution in [0.5, 0.6) is 11.5 Å². The van der Waals surface area contributed by atoms with Gasteiger partial charge in [-0.05, 0) is 43.9 Å². The molecule has 1 atom stereocenters. The van der Waals surface area contributed by atoms with Gasteiger partial charge in [0.15, 0.2) is 22.8 Å². The van der Waals surface area contributed by atoms with Gasteiger partial charge in [-0.25, -0.2) is 0 Å². The summed E-state index contributed by atoms with van der Waals surface area (Å²) < 4.78 is 13.5. The highest BCUT2D eigenvalue weighted by Gasteiger charge is 2.32. The first-order chi connectivity index (χ1) is 15.9. The standard InChI is InChI=1S/C23H21Cl2N5O3/c1-29(2)7-8-30-17-9-13(16-11-26-27-23(16)25)3-5-15(17)21(28-30)22(31)20-12-32-18-6-4-14(24)10-19(18)33-20/h3-6,9-11,20H,7-8,12H2,1-2H3,(H,26,27). The smallest absolute Gasteiger partial charge is 0.227 e. The van der Waals surface area contributed by atoms with E-state index in [1.165, 1.54) is 0 Å². The van der Waals surface area contributed by atoms with Crippen LogP contribution >= 0.6 is 23.2 Å². The van der Waals surface area contributed by atoms with Crippen LogP contribution in [-0.2, 0) is 6.54 Å². The van der Waals surface area contributed by atoms with Crippen LogP contribution in [0.25, 0.3) is 22.0 Å². The zero-order valence-corrected chi connectivity index (χ0v) is 19.5. The molecule has 0 spiro atoms.